The Kier molecular flexibility index (Phi) is 34.6. The zero-order chi connectivity index (χ0) is 17.7. The van der Waals surface area contributed by atoms with Gasteiger partial charge in [0.15, 0.2) is 0 Å². The van der Waals surface area contributed by atoms with E-state index in [0.29, 0.717) is 6.61 Å². The van der Waals surface area contributed by atoms with E-state index in [1.807, 2.05) is 13.8 Å². The number of aliphatic carboxylic acids is 3. The van der Waals surface area contributed by atoms with Crippen LogP contribution in [0.4, 0.5) is 0 Å². The van der Waals surface area contributed by atoms with Gasteiger partial charge in [0, 0.05) is 27.3 Å². The van der Waals surface area contributed by atoms with Crippen molar-refractivity contribution in [2.24, 2.45) is 4.99 Å². The minimum atomic E-state index is -0.833. The standard InChI is InChI=1S/C6H14N2O.3C2H4O2/c1-3-7-5-6-8-9-4-2;3*1-2(3)4/h3,8H,4-6H2,1-2H3;3*1H3,(H,3,4). The molecule has 0 aliphatic heterocycles. The molecule has 0 fully saturated rings. The molecule has 9 nitrogen and oxygen atoms in total. The van der Waals surface area contributed by atoms with E-state index in [0.717, 1.165) is 33.9 Å². The van der Waals surface area contributed by atoms with E-state index < -0.39 is 17.9 Å². The molecule has 0 saturated carbocycles. The van der Waals surface area contributed by atoms with E-state index >= 15 is 0 Å². The van der Waals surface area contributed by atoms with Crippen LogP contribution in [0.3, 0.4) is 0 Å². The molecule has 0 bridgehead atoms. The van der Waals surface area contributed by atoms with Crippen molar-refractivity contribution in [3.8, 4) is 0 Å². The number of carboxylic acids is 3. The van der Waals surface area contributed by atoms with Crippen molar-refractivity contribution in [3.63, 3.8) is 0 Å². The molecular formula is C12H26N2O7. The van der Waals surface area contributed by atoms with Crippen LogP contribution in [0.15, 0.2) is 4.99 Å². The average molecular weight is 310 g/mol. The molecule has 0 aromatic heterocycles. The summed E-state index contributed by atoms with van der Waals surface area (Å²) in [4.78, 5) is 35.8. The van der Waals surface area contributed by atoms with Crippen LogP contribution in [0.2, 0.25) is 0 Å². The molecule has 126 valence electrons. The van der Waals surface area contributed by atoms with E-state index in [1.165, 1.54) is 0 Å². The predicted octanol–water partition coefficient (Wildman–Crippen LogP) is 0.891. The van der Waals surface area contributed by atoms with Gasteiger partial charge >= 0.3 is 0 Å². The number of rotatable bonds is 5. The fourth-order valence-electron chi connectivity index (χ4n) is 0.414. The van der Waals surface area contributed by atoms with E-state index in [-0.39, 0.29) is 0 Å². The number of carbonyl (C=O) groups is 3. The highest BCUT2D eigenvalue weighted by Crippen LogP contribution is 1.66. The van der Waals surface area contributed by atoms with Crippen LogP contribution < -0.4 is 5.48 Å². The first-order chi connectivity index (χ1) is 9.61. The molecule has 0 rings (SSSR count). The predicted molar refractivity (Wildman–Crippen MR) is 78.6 cm³/mol. The number of nitrogens with zero attached hydrogens (tertiary/aromatic N) is 1. The second-order valence-electron chi connectivity index (χ2n) is 3.05. The Labute approximate surface area is 124 Å². The van der Waals surface area contributed by atoms with Gasteiger partial charge in [0.25, 0.3) is 17.9 Å². The van der Waals surface area contributed by atoms with E-state index in [9.17, 15) is 0 Å². The molecule has 0 spiro atoms. The van der Waals surface area contributed by atoms with Gasteiger partial charge in [0.2, 0.25) is 0 Å². The Morgan fingerprint density at radius 3 is 1.62 bits per heavy atom. The molecule has 21 heavy (non-hydrogen) atoms. The SMILES string of the molecule is CC(=O)O.CC(=O)O.CC(=O)O.CC=NCCNOCC. The second kappa shape index (κ2) is 26.5. The van der Waals surface area contributed by atoms with Crippen molar-refractivity contribution in [2.45, 2.75) is 34.6 Å². The highest BCUT2D eigenvalue weighted by atomic mass is 16.6. The molecule has 0 radical (unpaired) electrons. The Balaban J connectivity index is -0.000000102. The maximum absolute atomic E-state index is 9.00. The molecular weight excluding hydrogens is 284 g/mol. The molecule has 9 heteroatoms. The third kappa shape index (κ3) is 288. The van der Waals surface area contributed by atoms with Gasteiger partial charge in [-0.1, -0.05) is 0 Å². The minimum absolute atomic E-state index is 0.704. The first-order valence-electron chi connectivity index (χ1n) is 5.99. The normalized spacial score (nSPS) is 8.24. The van der Waals surface area contributed by atoms with Crippen LogP contribution in [-0.2, 0) is 19.2 Å². The fourth-order valence-corrected chi connectivity index (χ4v) is 0.414. The maximum Gasteiger partial charge on any atom is 0.300 e. The van der Waals surface area contributed by atoms with Crippen LogP contribution in [0.5, 0.6) is 0 Å². The smallest absolute Gasteiger partial charge is 0.300 e. The molecule has 0 aliphatic rings. The molecule has 0 aliphatic carbocycles. The molecule has 0 aromatic rings. The van der Waals surface area contributed by atoms with Gasteiger partial charge in [-0.15, -0.1) is 0 Å². The summed E-state index contributed by atoms with van der Waals surface area (Å²) in [6, 6.07) is 0. The summed E-state index contributed by atoms with van der Waals surface area (Å²) in [5.74, 6) is -2.50. The summed E-state index contributed by atoms with van der Waals surface area (Å²) in [6.07, 6.45) is 1.79. The third-order valence-corrected chi connectivity index (χ3v) is 0.772. The van der Waals surface area contributed by atoms with E-state index in [1.54, 1.807) is 6.21 Å². The number of nitrogens with one attached hydrogen (secondary N) is 1. The zero-order valence-electron chi connectivity index (χ0n) is 13.1. The summed E-state index contributed by atoms with van der Waals surface area (Å²) < 4.78 is 0. The number of hydrogen-bond donors (Lipinski definition) is 4. The summed E-state index contributed by atoms with van der Waals surface area (Å²) >= 11 is 0. The largest absolute Gasteiger partial charge is 0.481 e. The Bertz CT molecular complexity index is 240. The lowest BCUT2D eigenvalue weighted by molar-refractivity contribution is -0.135. The van der Waals surface area contributed by atoms with Crippen molar-refractivity contribution in [2.75, 3.05) is 19.7 Å². The van der Waals surface area contributed by atoms with Crippen LogP contribution in [-0.4, -0.2) is 59.1 Å². The maximum atomic E-state index is 9.00. The lowest BCUT2D eigenvalue weighted by Crippen LogP contribution is -2.17. The van der Waals surface area contributed by atoms with Crippen molar-refractivity contribution >= 4 is 24.1 Å². The van der Waals surface area contributed by atoms with Crippen LogP contribution >= 0.6 is 0 Å². The van der Waals surface area contributed by atoms with Crippen LogP contribution in [0.25, 0.3) is 0 Å². The monoisotopic (exact) mass is 310 g/mol. The van der Waals surface area contributed by atoms with Gasteiger partial charge in [-0.3, -0.25) is 19.4 Å². The van der Waals surface area contributed by atoms with Gasteiger partial charge < -0.3 is 20.2 Å². The van der Waals surface area contributed by atoms with Crippen molar-refractivity contribution < 1.29 is 34.5 Å². The lowest BCUT2D eigenvalue weighted by Gasteiger charge is -1.98. The number of hydrogen-bond acceptors (Lipinski definition) is 6. The molecule has 0 heterocycles. The molecule has 0 saturated heterocycles. The molecule has 0 amide bonds. The Morgan fingerprint density at radius 2 is 1.38 bits per heavy atom. The van der Waals surface area contributed by atoms with Gasteiger partial charge in [-0.25, -0.2) is 5.48 Å². The van der Waals surface area contributed by atoms with E-state index in [4.69, 9.17) is 34.5 Å². The zero-order valence-corrected chi connectivity index (χ0v) is 13.1. The Morgan fingerprint density at radius 1 is 1.05 bits per heavy atom. The summed E-state index contributed by atoms with van der Waals surface area (Å²) in [7, 11) is 0. The second-order valence-corrected chi connectivity index (χ2v) is 3.05. The van der Waals surface area contributed by atoms with Crippen LogP contribution in [0.1, 0.15) is 34.6 Å². The molecule has 0 atom stereocenters. The van der Waals surface area contributed by atoms with Crippen molar-refractivity contribution in [3.05, 3.63) is 0 Å². The molecule has 0 unspecified atom stereocenters. The summed E-state index contributed by atoms with van der Waals surface area (Å²) in [6.45, 7) is 9.38. The topological polar surface area (TPSA) is 146 Å². The highest BCUT2D eigenvalue weighted by Gasteiger charge is 1.79. The molecule has 0 aromatic carbocycles. The molecule has 4 N–H and O–H groups in total. The number of carboxylic acid groups (broad SMARTS) is 3. The van der Waals surface area contributed by atoms with Crippen LogP contribution in [0, 0.1) is 0 Å². The van der Waals surface area contributed by atoms with E-state index in [2.05, 4.69) is 10.5 Å². The van der Waals surface area contributed by atoms with Crippen molar-refractivity contribution in [1.29, 1.82) is 0 Å². The lowest BCUT2D eigenvalue weighted by atomic mass is 10.7. The van der Waals surface area contributed by atoms with Gasteiger partial charge in [-0.2, -0.15) is 0 Å². The minimum Gasteiger partial charge on any atom is -0.481 e. The Hall–Kier alpha value is -2.00. The quantitative estimate of drug-likeness (QED) is 0.333. The third-order valence-electron chi connectivity index (χ3n) is 0.772. The fraction of sp³-hybridized carbons (Fsp3) is 0.667. The summed E-state index contributed by atoms with van der Waals surface area (Å²) in [5, 5.41) is 22.2. The van der Waals surface area contributed by atoms with Gasteiger partial charge in [0.05, 0.1) is 13.2 Å². The first kappa shape index (κ1) is 27.4. The van der Waals surface area contributed by atoms with Crippen molar-refractivity contribution in [1.82, 2.24) is 5.48 Å². The number of aliphatic imine (C=N–C) groups is 1. The van der Waals surface area contributed by atoms with Gasteiger partial charge in [0.1, 0.15) is 0 Å². The van der Waals surface area contributed by atoms with Gasteiger partial charge in [-0.05, 0) is 20.1 Å². The average Bonchev–Trinajstić information content (AvgIpc) is 2.26. The summed E-state index contributed by atoms with van der Waals surface area (Å²) in [5.41, 5.74) is 2.76. The number of hydroxylamine groups is 1. The first-order valence-corrected chi connectivity index (χ1v) is 5.99. The highest BCUT2D eigenvalue weighted by molar-refractivity contribution is 5.63.